The van der Waals surface area contributed by atoms with E-state index in [1.807, 2.05) is 0 Å². The van der Waals surface area contributed by atoms with Crippen LogP contribution in [0.25, 0.3) is 0 Å². The molecule has 0 aromatic heterocycles. The van der Waals surface area contributed by atoms with Crippen molar-refractivity contribution in [1.82, 2.24) is 10.3 Å². The summed E-state index contributed by atoms with van der Waals surface area (Å²) in [4.78, 5) is 4.57. The third-order valence-corrected chi connectivity index (χ3v) is 1.69. The van der Waals surface area contributed by atoms with E-state index in [9.17, 15) is 0 Å². The Hall–Kier alpha value is -0.190. The molecule has 0 spiro atoms. The van der Waals surface area contributed by atoms with Crippen molar-refractivity contribution < 1.29 is 5.11 Å². The van der Waals surface area contributed by atoms with Crippen LogP contribution in [0.3, 0.4) is 0 Å². The highest BCUT2D eigenvalue weighted by Gasteiger charge is 2.09. The van der Waals surface area contributed by atoms with Gasteiger partial charge in [0.1, 0.15) is 0 Å². The number of nitrogens with zero attached hydrogens (tertiary/aromatic N) is 1. The van der Waals surface area contributed by atoms with Crippen LogP contribution in [-0.4, -0.2) is 11.2 Å². The Morgan fingerprint density at radius 1 is 2.00 bits per heavy atom. The Bertz CT molecular complexity index is 113. The van der Waals surface area contributed by atoms with Gasteiger partial charge in [-0.05, 0) is 18.9 Å². The normalized spacial score (nSPS) is 22.0. The number of nitrogens with one attached hydrogen (secondary N) is 1. The molecule has 45 valence electrons. The first-order valence-electron chi connectivity index (χ1n) is 2.31. The second-order valence-corrected chi connectivity index (χ2v) is 2.37. The fraction of sp³-hybridized carbons (Fsp3) is 0.500. The van der Waals surface area contributed by atoms with Crippen molar-refractivity contribution in [2.24, 2.45) is 0 Å². The number of aliphatic hydroxyl groups is 1. The van der Waals surface area contributed by atoms with E-state index in [0.717, 1.165) is 4.91 Å². The maximum atomic E-state index is 8.86. The van der Waals surface area contributed by atoms with Gasteiger partial charge in [0.05, 0.1) is 6.10 Å². The zero-order valence-corrected chi connectivity index (χ0v) is 5.27. The lowest BCUT2D eigenvalue weighted by Crippen LogP contribution is -2.02. The van der Waals surface area contributed by atoms with Crippen molar-refractivity contribution in [2.75, 3.05) is 0 Å². The van der Waals surface area contributed by atoms with Gasteiger partial charge < -0.3 is 5.11 Å². The van der Waals surface area contributed by atoms with E-state index in [-0.39, 0.29) is 0 Å². The van der Waals surface area contributed by atoms with Gasteiger partial charge in [-0.1, -0.05) is 4.83 Å². The Balaban J connectivity index is 2.45. The van der Waals surface area contributed by atoms with Crippen molar-refractivity contribution in [3.8, 4) is 0 Å². The molecule has 2 N–H and O–H groups in total. The van der Waals surface area contributed by atoms with Gasteiger partial charge in [0, 0.05) is 11.1 Å². The molecular formula is C4H7N2OS. The van der Waals surface area contributed by atoms with Crippen LogP contribution in [0, 0.1) is 0 Å². The van der Waals surface area contributed by atoms with Crippen LogP contribution in [0.1, 0.15) is 6.92 Å². The summed E-state index contributed by atoms with van der Waals surface area (Å²) in [7, 11) is 0. The first-order chi connectivity index (χ1) is 3.80. The summed E-state index contributed by atoms with van der Waals surface area (Å²) < 4.78 is 0. The highest BCUT2D eigenvalue weighted by Crippen LogP contribution is 2.18. The Labute approximate surface area is 52.3 Å². The van der Waals surface area contributed by atoms with E-state index in [2.05, 4.69) is 10.3 Å². The standard InChI is InChI=1S/C4H7N2OS/c1-3(7)4-2-5-6-8-4/h2-3,5,7H,1H3. The fourth-order valence-corrected chi connectivity index (χ4v) is 0.861. The summed E-state index contributed by atoms with van der Waals surface area (Å²) in [5.41, 5.74) is 2.62. The Kier molecular flexibility index (Phi) is 1.77. The van der Waals surface area contributed by atoms with E-state index < -0.39 is 6.10 Å². The second kappa shape index (κ2) is 2.39. The minimum atomic E-state index is -0.390. The third kappa shape index (κ3) is 1.15. The molecule has 0 aliphatic carbocycles. The average Bonchev–Trinajstić information content (AvgIpc) is 2.12. The number of aliphatic hydroxyl groups excluding tert-OH is 1. The molecular weight excluding hydrogens is 124 g/mol. The van der Waals surface area contributed by atoms with Crippen molar-refractivity contribution in [1.29, 1.82) is 0 Å². The van der Waals surface area contributed by atoms with E-state index in [1.54, 1.807) is 13.1 Å². The first kappa shape index (κ1) is 5.94. The molecule has 1 rings (SSSR count). The molecule has 1 radical (unpaired) electrons. The minimum absolute atomic E-state index is 0.390. The predicted octanol–water partition coefficient (Wildman–Crippen LogP) is -0.0206. The molecule has 1 aliphatic rings. The van der Waals surface area contributed by atoms with Gasteiger partial charge >= 0.3 is 0 Å². The molecule has 0 saturated heterocycles. The average molecular weight is 131 g/mol. The molecule has 0 bridgehead atoms. The highest BCUT2D eigenvalue weighted by atomic mass is 32.2. The van der Waals surface area contributed by atoms with E-state index >= 15 is 0 Å². The van der Waals surface area contributed by atoms with Gasteiger partial charge in [0.2, 0.25) is 0 Å². The van der Waals surface area contributed by atoms with E-state index in [0.29, 0.717) is 0 Å². The van der Waals surface area contributed by atoms with Crippen LogP contribution in [-0.2, 0) is 0 Å². The monoisotopic (exact) mass is 131 g/mol. The summed E-state index contributed by atoms with van der Waals surface area (Å²) >= 11 is 1.28. The van der Waals surface area contributed by atoms with E-state index in [1.165, 1.54) is 11.9 Å². The number of hydrogen-bond acceptors (Lipinski definition) is 3. The van der Waals surface area contributed by atoms with Crippen molar-refractivity contribution in [2.45, 2.75) is 13.0 Å². The summed E-state index contributed by atoms with van der Waals surface area (Å²) in [6.45, 7) is 1.71. The lowest BCUT2D eigenvalue weighted by Gasteiger charge is -1.98. The highest BCUT2D eigenvalue weighted by molar-refractivity contribution is 8.01. The van der Waals surface area contributed by atoms with Crippen molar-refractivity contribution in [3.63, 3.8) is 0 Å². The largest absolute Gasteiger partial charge is 0.388 e. The molecule has 0 aromatic carbocycles. The predicted molar refractivity (Wildman–Crippen MR) is 32.6 cm³/mol. The van der Waals surface area contributed by atoms with Crippen LogP contribution in [0.5, 0.6) is 0 Å². The molecule has 4 heteroatoms. The van der Waals surface area contributed by atoms with Crippen molar-refractivity contribution >= 4 is 11.9 Å². The van der Waals surface area contributed by atoms with Gasteiger partial charge in [-0.15, -0.1) is 0 Å². The van der Waals surface area contributed by atoms with Crippen LogP contribution in [0.4, 0.5) is 0 Å². The maximum Gasteiger partial charge on any atom is 0.0849 e. The molecule has 0 aromatic rings. The van der Waals surface area contributed by atoms with Crippen molar-refractivity contribution in [3.05, 3.63) is 11.1 Å². The summed E-state index contributed by atoms with van der Waals surface area (Å²) in [5.74, 6) is 0. The minimum Gasteiger partial charge on any atom is -0.388 e. The van der Waals surface area contributed by atoms with Crippen LogP contribution < -0.4 is 10.3 Å². The third-order valence-electron chi connectivity index (χ3n) is 0.822. The fourth-order valence-electron chi connectivity index (χ4n) is 0.392. The topological polar surface area (TPSA) is 46.4 Å². The van der Waals surface area contributed by atoms with Gasteiger partial charge in [-0.25, -0.2) is 0 Å². The van der Waals surface area contributed by atoms with Crippen LogP contribution >= 0.6 is 11.9 Å². The van der Waals surface area contributed by atoms with Gasteiger partial charge in [0.15, 0.2) is 0 Å². The SMILES string of the molecule is CC(O)C1=CN[N]S1. The summed E-state index contributed by atoms with van der Waals surface area (Å²) in [6.07, 6.45) is 1.30. The molecule has 1 atom stereocenters. The molecule has 1 heterocycles. The van der Waals surface area contributed by atoms with Gasteiger partial charge in [-0.3, -0.25) is 5.43 Å². The number of rotatable bonds is 1. The lowest BCUT2D eigenvalue weighted by atomic mass is 10.4. The van der Waals surface area contributed by atoms with Gasteiger partial charge in [0.25, 0.3) is 0 Å². The summed E-state index contributed by atoms with van der Waals surface area (Å²) in [5, 5.41) is 8.86. The molecule has 3 nitrogen and oxygen atoms in total. The van der Waals surface area contributed by atoms with Crippen LogP contribution in [0.15, 0.2) is 11.1 Å². The number of hydrogen-bond donors (Lipinski definition) is 2. The Morgan fingerprint density at radius 2 is 2.75 bits per heavy atom. The van der Waals surface area contributed by atoms with Crippen LogP contribution in [0.2, 0.25) is 0 Å². The Morgan fingerprint density at radius 3 is 3.00 bits per heavy atom. The zero-order valence-electron chi connectivity index (χ0n) is 4.46. The molecule has 0 fully saturated rings. The lowest BCUT2D eigenvalue weighted by molar-refractivity contribution is 0.240. The molecule has 0 saturated carbocycles. The first-order valence-corrected chi connectivity index (χ1v) is 3.09. The molecule has 8 heavy (non-hydrogen) atoms. The molecule has 0 amide bonds. The van der Waals surface area contributed by atoms with E-state index in [4.69, 9.17) is 5.11 Å². The molecule has 1 unspecified atom stereocenters. The maximum absolute atomic E-state index is 8.86. The summed E-state index contributed by atoms with van der Waals surface area (Å²) in [6, 6.07) is 0. The smallest absolute Gasteiger partial charge is 0.0849 e. The molecule has 1 aliphatic heterocycles. The second-order valence-electron chi connectivity index (χ2n) is 1.53. The van der Waals surface area contributed by atoms with Gasteiger partial charge in [-0.2, -0.15) is 0 Å². The zero-order chi connectivity index (χ0) is 5.98. The quantitative estimate of drug-likeness (QED) is 0.492.